The lowest BCUT2D eigenvalue weighted by Crippen LogP contribution is -2.02. The topological polar surface area (TPSA) is 34.1 Å². The largest absolute Gasteiger partial charge is 0.303 e. The number of rotatable bonds is 14. The van der Waals surface area contributed by atoms with Gasteiger partial charge in [-0.05, 0) is 19.8 Å². The van der Waals surface area contributed by atoms with Gasteiger partial charge in [-0.1, -0.05) is 63.5 Å². The van der Waals surface area contributed by atoms with Gasteiger partial charge in [0.15, 0.2) is 0 Å². The number of carbonyl (C=O) groups is 2. The zero-order chi connectivity index (χ0) is 14.3. The lowest BCUT2D eigenvalue weighted by atomic mass is 9.96. The molecule has 0 aliphatic heterocycles. The van der Waals surface area contributed by atoms with Crippen molar-refractivity contribution < 1.29 is 9.59 Å². The van der Waals surface area contributed by atoms with E-state index in [-0.39, 0.29) is 5.92 Å². The summed E-state index contributed by atoms with van der Waals surface area (Å²) in [4.78, 5) is 20.9. The first-order chi connectivity index (χ1) is 9.22. The van der Waals surface area contributed by atoms with Crippen molar-refractivity contribution in [2.75, 3.05) is 0 Å². The van der Waals surface area contributed by atoms with Crippen LogP contribution in [-0.2, 0) is 9.59 Å². The second-order valence-corrected chi connectivity index (χ2v) is 5.51. The van der Waals surface area contributed by atoms with Crippen LogP contribution in [0.4, 0.5) is 0 Å². The van der Waals surface area contributed by atoms with Crippen molar-refractivity contribution in [1.82, 2.24) is 0 Å². The fourth-order valence-electron chi connectivity index (χ4n) is 2.26. The van der Waals surface area contributed by atoms with Crippen LogP contribution in [-0.4, -0.2) is 12.6 Å². The highest BCUT2D eigenvalue weighted by Gasteiger charge is 2.06. The third kappa shape index (κ3) is 11.9. The Hall–Kier alpha value is -0.920. The number of carbonyl (C=O) groups excluding carboxylic acids is 2. The SMILES string of the molecule is C=C(C)C(C=O)CCCCCCCCCCCC=O. The van der Waals surface area contributed by atoms with Gasteiger partial charge in [0.25, 0.3) is 0 Å². The molecule has 0 heterocycles. The Morgan fingerprint density at radius 1 is 0.895 bits per heavy atom. The van der Waals surface area contributed by atoms with Crippen LogP contribution in [0.1, 0.15) is 77.6 Å². The van der Waals surface area contributed by atoms with Crippen LogP contribution in [0.5, 0.6) is 0 Å². The fourth-order valence-corrected chi connectivity index (χ4v) is 2.26. The Bertz CT molecular complexity index is 246. The van der Waals surface area contributed by atoms with Crippen LogP contribution in [0.15, 0.2) is 12.2 Å². The second-order valence-electron chi connectivity index (χ2n) is 5.51. The fraction of sp³-hybridized carbons (Fsp3) is 0.765. The number of unbranched alkanes of at least 4 members (excludes halogenated alkanes) is 9. The molecule has 0 spiro atoms. The van der Waals surface area contributed by atoms with Gasteiger partial charge in [0.2, 0.25) is 0 Å². The van der Waals surface area contributed by atoms with Crippen molar-refractivity contribution in [3.8, 4) is 0 Å². The Morgan fingerprint density at radius 2 is 1.37 bits per heavy atom. The van der Waals surface area contributed by atoms with E-state index >= 15 is 0 Å². The number of hydrogen-bond acceptors (Lipinski definition) is 2. The molecule has 19 heavy (non-hydrogen) atoms. The summed E-state index contributed by atoms with van der Waals surface area (Å²) in [6.45, 7) is 5.78. The van der Waals surface area contributed by atoms with Crippen LogP contribution < -0.4 is 0 Å². The lowest BCUT2D eigenvalue weighted by molar-refractivity contribution is -0.110. The first-order valence-corrected chi connectivity index (χ1v) is 7.76. The van der Waals surface area contributed by atoms with Gasteiger partial charge in [-0.15, -0.1) is 0 Å². The number of allylic oxidation sites excluding steroid dienone is 1. The molecule has 2 heteroatoms. The first-order valence-electron chi connectivity index (χ1n) is 7.76. The van der Waals surface area contributed by atoms with Crippen molar-refractivity contribution >= 4 is 12.6 Å². The summed E-state index contributed by atoms with van der Waals surface area (Å²) in [5, 5.41) is 0. The maximum atomic E-state index is 10.8. The predicted octanol–water partition coefficient (Wildman–Crippen LogP) is 4.87. The molecule has 0 radical (unpaired) electrons. The van der Waals surface area contributed by atoms with Gasteiger partial charge < -0.3 is 9.59 Å². The summed E-state index contributed by atoms with van der Waals surface area (Å²) in [7, 11) is 0. The summed E-state index contributed by atoms with van der Waals surface area (Å²) >= 11 is 0. The average molecular weight is 266 g/mol. The minimum Gasteiger partial charge on any atom is -0.303 e. The molecule has 0 bridgehead atoms. The average Bonchev–Trinajstić information content (AvgIpc) is 2.40. The van der Waals surface area contributed by atoms with E-state index in [1.807, 2.05) is 6.92 Å². The molecule has 0 aromatic carbocycles. The molecule has 0 aliphatic rings. The lowest BCUT2D eigenvalue weighted by Gasteiger charge is -2.09. The van der Waals surface area contributed by atoms with Crippen LogP contribution in [0.25, 0.3) is 0 Å². The molecule has 0 rings (SSSR count). The summed E-state index contributed by atoms with van der Waals surface area (Å²) in [6, 6.07) is 0. The van der Waals surface area contributed by atoms with Crippen LogP contribution in [0.2, 0.25) is 0 Å². The van der Waals surface area contributed by atoms with Crippen molar-refractivity contribution in [2.24, 2.45) is 5.92 Å². The minimum atomic E-state index is 0.0674. The smallest absolute Gasteiger partial charge is 0.127 e. The molecule has 0 aliphatic carbocycles. The quantitative estimate of drug-likeness (QED) is 0.255. The molecule has 0 saturated heterocycles. The molecule has 110 valence electrons. The molecule has 1 unspecified atom stereocenters. The summed E-state index contributed by atoms with van der Waals surface area (Å²) < 4.78 is 0. The van der Waals surface area contributed by atoms with Crippen molar-refractivity contribution in [3.63, 3.8) is 0 Å². The van der Waals surface area contributed by atoms with E-state index in [0.29, 0.717) is 0 Å². The first kappa shape index (κ1) is 18.1. The Morgan fingerprint density at radius 3 is 1.79 bits per heavy atom. The molecule has 1 atom stereocenters. The van der Waals surface area contributed by atoms with E-state index in [9.17, 15) is 9.59 Å². The van der Waals surface area contributed by atoms with Crippen molar-refractivity contribution in [3.05, 3.63) is 12.2 Å². The Balaban J connectivity index is 3.20. The molecule has 0 aromatic rings. The monoisotopic (exact) mass is 266 g/mol. The highest BCUT2D eigenvalue weighted by atomic mass is 16.1. The zero-order valence-electron chi connectivity index (χ0n) is 12.5. The predicted molar refractivity (Wildman–Crippen MR) is 81.2 cm³/mol. The zero-order valence-corrected chi connectivity index (χ0v) is 12.5. The standard InChI is InChI=1S/C17H30O2/c1-16(2)17(15-19)13-11-9-7-5-3-4-6-8-10-12-14-18/h14-15,17H,1,3-13H2,2H3. The number of aldehydes is 2. The van der Waals surface area contributed by atoms with Gasteiger partial charge in [-0.3, -0.25) is 0 Å². The molecule has 0 fully saturated rings. The molecular weight excluding hydrogens is 236 g/mol. The van der Waals surface area contributed by atoms with Gasteiger partial charge in [0.05, 0.1) is 0 Å². The molecule has 2 nitrogen and oxygen atoms in total. The third-order valence-corrected chi connectivity index (χ3v) is 3.63. The van der Waals surface area contributed by atoms with Gasteiger partial charge in [-0.2, -0.15) is 0 Å². The summed E-state index contributed by atoms with van der Waals surface area (Å²) in [5.41, 5.74) is 0.991. The van der Waals surface area contributed by atoms with Crippen molar-refractivity contribution in [2.45, 2.75) is 77.6 Å². The molecule has 0 amide bonds. The van der Waals surface area contributed by atoms with Gasteiger partial charge in [-0.25, -0.2) is 0 Å². The van der Waals surface area contributed by atoms with E-state index in [2.05, 4.69) is 6.58 Å². The third-order valence-electron chi connectivity index (χ3n) is 3.63. The minimum absolute atomic E-state index is 0.0674. The van der Waals surface area contributed by atoms with Crippen molar-refractivity contribution in [1.29, 1.82) is 0 Å². The molecule has 0 aromatic heterocycles. The van der Waals surface area contributed by atoms with Crippen LogP contribution in [0.3, 0.4) is 0 Å². The second kappa shape index (κ2) is 13.5. The molecule has 0 saturated carbocycles. The Labute approximate surface area is 118 Å². The normalized spacial score (nSPS) is 12.1. The van der Waals surface area contributed by atoms with E-state index in [1.54, 1.807) is 0 Å². The van der Waals surface area contributed by atoms with E-state index in [1.165, 1.54) is 44.9 Å². The highest BCUT2D eigenvalue weighted by molar-refractivity contribution is 5.58. The molecular formula is C17H30O2. The van der Waals surface area contributed by atoms with E-state index < -0.39 is 0 Å². The van der Waals surface area contributed by atoms with Gasteiger partial charge in [0, 0.05) is 12.3 Å². The highest BCUT2D eigenvalue weighted by Crippen LogP contribution is 2.16. The van der Waals surface area contributed by atoms with Gasteiger partial charge >= 0.3 is 0 Å². The van der Waals surface area contributed by atoms with Crippen LogP contribution in [0, 0.1) is 5.92 Å². The number of hydrogen-bond donors (Lipinski definition) is 0. The maximum Gasteiger partial charge on any atom is 0.127 e. The molecule has 0 N–H and O–H groups in total. The van der Waals surface area contributed by atoms with Gasteiger partial charge in [0.1, 0.15) is 12.6 Å². The summed E-state index contributed by atoms with van der Waals surface area (Å²) in [6.07, 6.45) is 14.8. The maximum absolute atomic E-state index is 10.8. The van der Waals surface area contributed by atoms with E-state index in [4.69, 9.17) is 0 Å². The summed E-state index contributed by atoms with van der Waals surface area (Å²) in [5.74, 6) is 0.0674. The van der Waals surface area contributed by atoms with Crippen LogP contribution >= 0.6 is 0 Å². The Kier molecular flexibility index (Phi) is 12.9. The van der Waals surface area contributed by atoms with E-state index in [0.717, 1.165) is 43.8 Å².